The number of anilines is 1. The normalized spacial score (nSPS) is 10.1. The molecule has 0 aliphatic rings. The number of rotatable bonds is 9. The topological polar surface area (TPSA) is 94.1 Å². The SMILES string of the molecule is COc1cc(CCC(=O)Nc2cccc(OCC(=O)O)c2)cc(OC)c1. The average Bonchev–Trinajstić information content (AvgIpc) is 2.64. The number of benzene rings is 2. The lowest BCUT2D eigenvalue weighted by Gasteiger charge is -2.10. The Morgan fingerprint density at radius 2 is 1.69 bits per heavy atom. The summed E-state index contributed by atoms with van der Waals surface area (Å²) in [6, 6.07) is 12.1. The highest BCUT2D eigenvalue weighted by atomic mass is 16.5. The van der Waals surface area contributed by atoms with Crippen molar-refractivity contribution in [3.05, 3.63) is 48.0 Å². The number of nitrogens with one attached hydrogen (secondary N) is 1. The van der Waals surface area contributed by atoms with Crippen molar-refractivity contribution in [2.45, 2.75) is 12.8 Å². The number of carbonyl (C=O) groups excluding carboxylic acids is 1. The third-order valence-corrected chi connectivity index (χ3v) is 3.53. The van der Waals surface area contributed by atoms with Crippen molar-refractivity contribution >= 4 is 17.6 Å². The number of hydrogen-bond donors (Lipinski definition) is 2. The van der Waals surface area contributed by atoms with Crippen LogP contribution in [0.15, 0.2) is 42.5 Å². The van der Waals surface area contributed by atoms with Gasteiger partial charge in [-0.2, -0.15) is 0 Å². The van der Waals surface area contributed by atoms with Crippen LogP contribution >= 0.6 is 0 Å². The van der Waals surface area contributed by atoms with Gasteiger partial charge in [-0.05, 0) is 36.2 Å². The van der Waals surface area contributed by atoms with Gasteiger partial charge in [0.1, 0.15) is 17.2 Å². The molecule has 2 aromatic carbocycles. The van der Waals surface area contributed by atoms with E-state index in [0.29, 0.717) is 29.4 Å². The molecule has 0 atom stereocenters. The van der Waals surface area contributed by atoms with Crippen LogP contribution in [0.5, 0.6) is 17.2 Å². The molecule has 26 heavy (non-hydrogen) atoms. The highest BCUT2D eigenvalue weighted by Crippen LogP contribution is 2.23. The highest BCUT2D eigenvalue weighted by Gasteiger charge is 2.07. The van der Waals surface area contributed by atoms with Crippen molar-refractivity contribution in [3.8, 4) is 17.2 Å². The lowest BCUT2D eigenvalue weighted by molar-refractivity contribution is -0.139. The van der Waals surface area contributed by atoms with E-state index in [1.807, 2.05) is 12.1 Å². The van der Waals surface area contributed by atoms with Gasteiger partial charge in [-0.25, -0.2) is 4.79 Å². The molecular formula is C19H21NO6. The molecule has 7 nitrogen and oxygen atoms in total. The van der Waals surface area contributed by atoms with E-state index in [1.54, 1.807) is 44.6 Å². The van der Waals surface area contributed by atoms with Gasteiger partial charge in [0.15, 0.2) is 6.61 Å². The molecule has 0 unspecified atom stereocenters. The fourth-order valence-corrected chi connectivity index (χ4v) is 2.30. The Morgan fingerprint density at radius 1 is 1.00 bits per heavy atom. The molecule has 0 heterocycles. The van der Waals surface area contributed by atoms with Gasteiger partial charge in [-0.15, -0.1) is 0 Å². The molecule has 138 valence electrons. The summed E-state index contributed by atoms with van der Waals surface area (Å²) < 4.78 is 15.5. The van der Waals surface area contributed by atoms with Crippen molar-refractivity contribution in [1.82, 2.24) is 0 Å². The molecule has 0 bridgehead atoms. The zero-order valence-corrected chi connectivity index (χ0v) is 14.7. The Morgan fingerprint density at radius 3 is 2.31 bits per heavy atom. The average molecular weight is 359 g/mol. The van der Waals surface area contributed by atoms with Crippen LogP contribution in [0, 0.1) is 0 Å². The van der Waals surface area contributed by atoms with Crippen molar-refractivity contribution in [2.75, 3.05) is 26.1 Å². The largest absolute Gasteiger partial charge is 0.497 e. The minimum absolute atomic E-state index is 0.165. The van der Waals surface area contributed by atoms with Gasteiger partial charge in [0.05, 0.1) is 14.2 Å². The number of aliphatic carboxylic acids is 1. The number of hydrogen-bond acceptors (Lipinski definition) is 5. The predicted molar refractivity (Wildman–Crippen MR) is 96.1 cm³/mol. The van der Waals surface area contributed by atoms with Crippen molar-refractivity contribution in [1.29, 1.82) is 0 Å². The van der Waals surface area contributed by atoms with Crippen LogP contribution in [0.4, 0.5) is 5.69 Å². The maximum atomic E-state index is 12.2. The molecule has 2 N–H and O–H groups in total. The Bertz CT molecular complexity index is 752. The zero-order chi connectivity index (χ0) is 18.9. The molecule has 0 saturated heterocycles. The molecule has 0 aliphatic heterocycles. The zero-order valence-electron chi connectivity index (χ0n) is 14.7. The number of methoxy groups -OCH3 is 2. The summed E-state index contributed by atoms with van der Waals surface area (Å²) in [6.45, 7) is -0.435. The maximum Gasteiger partial charge on any atom is 0.341 e. The molecule has 2 aromatic rings. The second-order valence-corrected chi connectivity index (χ2v) is 5.48. The predicted octanol–water partition coefficient (Wildman–Crippen LogP) is 2.74. The minimum atomic E-state index is -1.06. The second kappa shape index (κ2) is 9.31. The summed E-state index contributed by atoms with van der Waals surface area (Å²) in [5.74, 6) is 0.490. The standard InChI is InChI=1S/C19H21NO6/c1-24-16-8-13(9-17(11-16)25-2)6-7-18(21)20-14-4-3-5-15(10-14)26-12-19(22)23/h3-5,8-11H,6-7,12H2,1-2H3,(H,20,21)(H,22,23). The Hall–Kier alpha value is -3.22. The summed E-state index contributed by atoms with van der Waals surface area (Å²) in [5.41, 5.74) is 1.47. The molecule has 1 amide bonds. The maximum absolute atomic E-state index is 12.2. The third-order valence-electron chi connectivity index (χ3n) is 3.53. The first-order chi connectivity index (χ1) is 12.5. The summed E-state index contributed by atoms with van der Waals surface area (Å²) >= 11 is 0. The van der Waals surface area contributed by atoms with Gasteiger partial charge in [0, 0.05) is 24.2 Å². The summed E-state index contributed by atoms with van der Waals surface area (Å²) in [4.78, 5) is 22.7. The lowest BCUT2D eigenvalue weighted by Crippen LogP contribution is -2.13. The molecule has 0 radical (unpaired) electrons. The quantitative estimate of drug-likeness (QED) is 0.715. The number of carboxylic acids is 1. The number of carbonyl (C=O) groups is 2. The Balaban J connectivity index is 1.93. The van der Waals surface area contributed by atoms with E-state index in [-0.39, 0.29) is 12.3 Å². The van der Waals surface area contributed by atoms with Crippen LogP contribution in [0.3, 0.4) is 0 Å². The molecule has 0 fully saturated rings. The number of aryl methyl sites for hydroxylation is 1. The summed E-state index contributed by atoms with van der Waals surface area (Å²) in [5, 5.41) is 11.4. The van der Waals surface area contributed by atoms with Crippen LogP contribution in [0.25, 0.3) is 0 Å². The first-order valence-corrected chi connectivity index (χ1v) is 7.96. The van der Waals surface area contributed by atoms with Gasteiger partial charge < -0.3 is 24.6 Å². The smallest absolute Gasteiger partial charge is 0.341 e. The highest BCUT2D eigenvalue weighted by molar-refractivity contribution is 5.91. The molecule has 2 rings (SSSR count). The number of ether oxygens (including phenoxy) is 3. The van der Waals surface area contributed by atoms with E-state index in [9.17, 15) is 9.59 Å². The Labute approximate surface area is 151 Å². The van der Waals surface area contributed by atoms with E-state index in [2.05, 4.69) is 5.32 Å². The summed E-state index contributed by atoms with van der Waals surface area (Å²) in [7, 11) is 3.15. The molecule has 7 heteroatoms. The molecule has 0 aromatic heterocycles. The second-order valence-electron chi connectivity index (χ2n) is 5.48. The van der Waals surface area contributed by atoms with Crippen LogP contribution < -0.4 is 19.5 Å². The third kappa shape index (κ3) is 6.01. The number of amides is 1. The van der Waals surface area contributed by atoms with E-state index in [4.69, 9.17) is 19.3 Å². The lowest BCUT2D eigenvalue weighted by atomic mass is 10.1. The van der Waals surface area contributed by atoms with Crippen LogP contribution in [0.1, 0.15) is 12.0 Å². The number of carboxylic acid groups (broad SMARTS) is 1. The molecule has 0 aliphatic carbocycles. The van der Waals surface area contributed by atoms with Gasteiger partial charge in [0.2, 0.25) is 5.91 Å². The Kier molecular flexibility index (Phi) is 6.84. The van der Waals surface area contributed by atoms with E-state index < -0.39 is 12.6 Å². The first kappa shape index (κ1) is 19.1. The van der Waals surface area contributed by atoms with Gasteiger partial charge in [0.25, 0.3) is 0 Å². The van der Waals surface area contributed by atoms with Crippen LogP contribution in [-0.4, -0.2) is 37.8 Å². The van der Waals surface area contributed by atoms with Crippen molar-refractivity contribution < 1.29 is 28.9 Å². The van der Waals surface area contributed by atoms with E-state index >= 15 is 0 Å². The fraction of sp³-hybridized carbons (Fsp3) is 0.263. The van der Waals surface area contributed by atoms with Gasteiger partial charge in [-0.1, -0.05) is 6.07 Å². The van der Waals surface area contributed by atoms with Crippen molar-refractivity contribution in [3.63, 3.8) is 0 Å². The summed E-state index contributed by atoms with van der Waals surface area (Å²) in [6.07, 6.45) is 0.797. The monoisotopic (exact) mass is 359 g/mol. The van der Waals surface area contributed by atoms with Crippen LogP contribution in [0.2, 0.25) is 0 Å². The van der Waals surface area contributed by atoms with Gasteiger partial charge >= 0.3 is 5.97 Å². The van der Waals surface area contributed by atoms with Crippen LogP contribution in [-0.2, 0) is 16.0 Å². The molecular weight excluding hydrogens is 338 g/mol. The van der Waals surface area contributed by atoms with E-state index in [0.717, 1.165) is 5.56 Å². The van der Waals surface area contributed by atoms with Gasteiger partial charge in [-0.3, -0.25) is 4.79 Å². The molecule has 0 spiro atoms. The van der Waals surface area contributed by atoms with Crippen molar-refractivity contribution in [2.24, 2.45) is 0 Å². The molecule has 0 saturated carbocycles. The fourth-order valence-electron chi connectivity index (χ4n) is 2.30. The first-order valence-electron chi connectivity index (χ1n) is 7.96. The minimum Gasteiger partial charge on any atom is -0.497 e. The van der Waals surface area contributed by atoms with E-state index in [1.165, 1.54) is 0 Å².